The molecule has 0 saturated carbocycles. The molecule has 0 atom stereocenters. The largest absolute Gasteiger partial charge is 0.495 e. The molecule has 0 saturated heterocycles. The van der Waals surface area contributed by atoms with Crippen molar-refractivity contribution in [3.63, 3.8) is 0 Å². The van der Waals surface area contributed by atoms with Crippen molar-refractivity contribution in [1.82, 2.24) is 10.2 Å². The number of nitrogens with one attached hydrogen (secondary N) is 2. The van der Waals surface area contributed by atoms with E-state index in [0.717, 1.165) is 19.6 Å². The molecule has 1 rings (SSSR count). The van der Waals surface area contributed by atoms with Crippen LogP contribution in [0.5, 0.6) is 5.75 Å². The first-order valence-electron chi connectivity index (χ1n) is 8.71. The third-order valence-corrected chi connectivity index (χ3v) is 4.01. The average molecular weight is 356 g/mol. The fourth-order valence-corrected chi connectivity index (χ4v) is 2.54. The average Bonchev–Trinajstić information content (AvgIpc) is 2.57. The molecular formula is C18H30ClN3O2. The Morgan fingerprint density at radius 1 is 1.17 bits per heavy atom. The molecule has 0 aromatic heterocycles. The molecule has 1 aromatic rings. The smallest absolute Gasteiger partial charge is 0.319 e. The third-order valence-electron chi connectivity index (χ3n) is 3.78. The van der Waals surface area contributed by atoms with Crippen LogP contribution in [0.2, 0.25) is 5.02 Å². The lowest BCUT2D eigenvalue weighted by Crippen LogP contribution is -2.37. The monoisotopic (exact) mass is 355 g/mol. The Labute approximate surface area is 150 Å². The number of anilines is 1. The molecule has 24 heavy (non-hydrogen) atoms. The number of carbonyl (C=O) groups is 1. The molecule has 0 fully saturated rings. The zero-order valence-electron chi connectivity index (χ0n) is 15.0. The molecule has 136 valence electrons. The van der Waals surface area contributed by atoms with Gasteiger partial charge in [0.1, 0.15) is 5.75 Å². The Bertz CT molecular complexity index is 489. The molecule has 2 amide bonds. The SMILES string of the molecule is CCCCN(CCCC)CCNC(=O)Nc1cc(Cl)ccc1OC. The number of unbranched alkanes of at least 4 members (excludes halogenated alkanes) is 2. The molecule has 0 bridgehead atoms. The maximum Gasteiger partial charge on any atom is 0.319 e. The standard InChI is InChI=1S/C18H30ClN3O2/c1-4-6-11-22(12-7-5-2)13-10-20-18(23)21-16-14-15(19)8-9-17(16)24-3/h8-9,14H,4-7,10-13H2,1-3H3,(H2,20,21,23). The summed E-state index contributed by atoms with van der Waals surface area (Å²) in [6, 6.07) is 4.88. The Morgan fingerprint density at radius 2 is 1.83 bits per heavy atom. The lowest BCUT2D eigenvalue weighted by atomic mass is 10.2. The van der Waals surface area contributed by atoms with Crippen LogP contribution in [0.3, 0.4) is 0 Å². The van der Waals surface area contributed by atoms with Gasteiger partial charge in [0.2, 0.25) is 0 Å². The molecular weight excluding hydrogens is 326 g/mol. The number of methoxy groups -OCH3 is 1. The van der Waals surface area contributed by atoms with E-state index >= 15 is 0 Å². The van der Waals surface area contributed by atoms with Gasteiger partial charge >= 0.3 is 6.03 Å². The second kappa shape index (κ2) is 12.0. The van der Waals surface area contributed by atoms with Crippen LogP contribution in [0.4, 0.5) is 10.5 Å². The van der Waals surface area contributed by atoms with Gasteiger partial charge in [-0.3, -0.25) is 0 Å². The van der Waals surface area contributed by atoms with Crippen molar-refractivity contribution in [3.05, 3.63) is 23.2 Å². The van der Waals surface area contributed by atoms with E-state index in [-0.39, 0.29) is 6.03 Å². The lowest BCUT2D eigenvalue weighted by Gasteiger charge is -2.22. The maximum atomic E-state index is 12.1. The molecule has 6 heteroatoms. The van der Waals surface area contributed by atoms with Gasteiger partial charge in [-0.1, -0.05) is 38.3 Å². The first kappa shape index (κ1) is 20.6. The summed E-state index contributed by atoms with van der Waals surface area (Å²) >= 11 is 5.97. The number of carbonyl (C=O) groups excluding carboxylic acids is 1. The van der Waals surface area contributed by atoms with Crippen LogP contribution < -0.4 is 15.4 Å². The van der Waals surface area contributed by atoms with Crippen molar-refractivity contribution in [2.75, 3.05) is 38.6 Å². The molecule has 0 spiro atoms. The molecule has 1 aromatic carbocycles. The Balaban J connectivity index is 2.43. The number of amides is 2. The number of ether oxygens (including phenoxy) is 1. The van der Waals surface area contributed by atoms with Gasteiger partial charge in [-0.15, -0.1) is 0 Å². The second-order valence-electron chi connectivity index (χ2n) is 5.77. The topological polar surface area (TPSA) is 53.6 Å². The van der Waals surface area contributed by atoms with Gasteiger partial charge in [-0.2, -0.15) is 0 Å². The summed E-state index contributed by atoms with van der Waals surface area (Å²) < 4.78 is 5.22. The number of nitrogens with zero attached hydrogens (tertiary/aromatic N) is 1. The highest BCUT2D eigenvalue weighted by Gasteiger charge is 2.09. The van der Waals surface area contributed by atoms with Crippen LogP contribution in [0.25, 0.3) is 0 Å². The third kappa shape index (κ3) is 7.88. The Morgan fingerprint density at radius 3 is 2.42 bits per heavy atom. The normalized spacial score (nSPS) is 10.7. The zero-order chi connectivity index (χ0) is 17.8. The van der Waals surface area contributed by atoms with Crippen LogP contribution in [0.1, 0.15) is 39.5 Å². The summed E-state index contributed by atoms with van der Waals surface area (Å²) in [5, 5.41) is 6.23. The molecule has 5 nitrogen and oxygen atoms in total. The van der Waals surface area contributed by atoms with Crippen molar-refractivity contribution in [1.29, 1.82) is 0 Å². The summed E-state index contributed by atoms with van der Waals surface area (Å²) in [6.07, 6.45) is 4.75. The molecule has 0 aliphatic carbocycles. The predicted molar refractivity (Wildman–Crippen MR) is 101 cm³/mol. The Kier molecular flexibility index (Phi) is 10.3. The summed E-state index contributed by atoms with van der Waals surface area (Å²) in [4.78, 5) is 14.5. The van der Waals surface area contributed by atoms with Crippen LogP contribution >= 0.6 is 11.6 Å². The van der Waals surface area contributed by atoms with Crippen molar-refractivity contribution < 1.29 is 9.53 Å². The summed E-state index contributed by atoms with van der Waals surface area (Å²) in [5.41, 5.74) is 0.566. The fraction of sp³-hybridized carbons (Fsp3) is 0.611. The van der Waals surface area contributed by atoms with Gasteiger partial charge in [0.15, 0.2) is 0 Å². The van der Waals surface area contributed by atoms with Crippen molar-refractivity contribution in [3.8, 4) is 5.75 Å². The van der Waals surface area contributed by atoms with Gasteiger partial charge in [0.25, 0.3) is 0 Å². The lowest BCUT2D eigenvalue weighted by molar-refractivity contribution is 0.242. The number of rotatable bonds is 11. The van der Waals surface area contributed by atoms with E-state index in [0.29, 0.717) is 23.0 Å². The van der Waals surface area contributed by atoms with E-state index in [9.17, 15) is 4.79 Å². The number of urea groups is 1. The van der Waals surface area contributed by atoms with E-state index in [1.165, 1.54) is 25.7 Å². The van der Waals surface area contributed by atoms with Crippen molar-refractivity contribution in [2.24, 2.45) is 0 Å². The van der Waals surface area contributed by atoms with Gasteiger partial charge in [-0.05, 0) is 44.1 Å². The van der Waals surface area contributed by atoms with E-state index in [2.05, 4.69) is 29.4 Å². The predicted octanol–water partition coefficient (Wildman–Crippen LogP) is 4.37. The van der Waals surface area contributed by atoms with Crippen molar-refractivity contribution >= 4 is 23.3 Å². The highest BCUT2D eigenvalue weighted by atomic mass is 35.5. The fourth-order valence-electron chi connectivity index (χ4n) is 2.37. The minimum absolute atomic E-state index is 0.249. The van der Waals surface area contributed by atoms with Crippen LogP contribution in [0.15, 0.2) is 18.2 Å². The number of halogens is 1. The quantitative estimate of drug-likeness (QED) is 0.619. The van der Waals surface area contributed by atoms with Gasteiger partial charge in [0.05, 0.1) is 12.8 Å². The van der Waals surface area contributed by atoms with E-state index in [1.807, 2.05) is 0 Å². The van der Waals surface area contributed by atoms with Crippen LogP contribution in [0, 0.1) is 0 Å². The van der Waals surface area contributed by atoms with Crippen molar-refractivity contribution in [2.45, 2.75) is 39.5 Å². The van der Waals surface area contributed by atoms with Gasteiger partial charge in [-0.25, -0.2) is 4.79 Å². The number of benzene rings is 1. The van der Waals surface area contributed by atoms with Gasteiger partial charge < -0.3 is 20.3 Å². The first-order valence-corrected chi connectivity index (χ1v) is 9.09. The molecule has 0 radical (unpaired) electrons. The van der Waals surface area contributed by atoms with Crippen LogP contribution in [-0.4, -0.2) is 44.2 Å². The minimum Gasteiger partial charge on any atom is -0.495 e. The first-order chi connectivity index (χ1) is 11.6. The highest BCUT2D eigenvalue weighted by molar-refractivity contribution is 6.31. The molecule has 0 aliphatic heterocycles. The highest BCUT2D eigenvalue weighted by Crippen LogP contribution is 2.27. The Hall–Kier alpha value is -1.46. The molecule has 0 aliphatic rings. The van der Waals surface area contributed by atoms with E-state index in [1.54, 1.807) is 25.3 Å². The van der Waals surface area contributed by atoms with Crippen LogP contribution in [-0.2, 0) is 0 Å². The van der Waals surface area contributed by atoms with E-state index < -0.39 is 0 Å². The zero-order valence-corrected chi connectivity index (χ0v) is 15.8. The van der Waals surface area contributed by atoms with E-state index in [4.69, 9.17) is 16.3 Å². The van der Waals surface area contributed by atoms with Gasteiger partial charge in [0, 0.05) is 18.1 Å². The molecule has 2 N–H and O–H groups in total. The molecule has 0 unspecified atom stereocenters. The second-order valence-corrected chi connectivity index (χ2v) is 6.21. The summed E-state index contributed by atoms with van der Waals surface area (Å²) in [7, 11) is 1.56. The summed E-state index contributed by atoms with van der Waals surface area (Å²) in [5.74, 6) is 0.585. The minimum atomic E-state index is -0.249. The number of hydrogen-bond acceptors (Lipinski definition) is 3. The number of hydrogen-bond donors (Lipinski definition) is 2. The molecule has 0 heterocycles. The summed E-state index contributed by atoms with van der Waals surface area (Å²) in [6.45, 7) is 8.04. The maximum absolute atomic E-state index is 12.1.